The van der Waals surface area contributed by atoms with Crippen LogP contribution in [-0.2, 0) is 0 Å². The molecule has 4 heteroatoms. The molecule has 0 N–H and O–H groups in total. The number of ketones is 1. The van der Waals surface area contributed by atoms with Crippen molar-refractivity contribution in [3.05, 3.63) is 62.0 Å². The zero-order chi connectivity index (χ0) is 14.0. The van der Waals surface area contributed by atoms with Gasteiger partial charge in [-0.05, 0) is 58.7 Å². The Bertz CT molecular complexity index is 636. The number of carbonyl (C=O) groups is 1. The summed E-state index contributed by atoms with van der Waals surface area (Å²) in [6.07, 6.45) is 0. The van der Waals surface area contributed by atoms with E-state index in [9.17, 15) is 4.79 Å². The molecule has 0 unspecified atom stereocenters. The highest BCUT2D eigenvalue weighted by Crippen LogP contribution is 2.28. The van der Waals surface area contributed by atoms with Gasteiger partial charge in [0.25, 0.3) is 0 Å². The standard InChI is InChI=1S/C15H12Br2O2/c1-9-3-5-11(13(16)7-9)15(18)12-6-4-10(19-2)8-14(12)17/h3-8H,1-2H3. The van der Waals surface area contributed by atoms with E-state index in [0.717, 1.165) is 14.5 Å². The van der Waals surface area contributed by atoms with Gasteiger partial charge in [0.15, 0.2) is 5.78 Å². The Morgan fingerprint density at radius 2 is 1.58 bits per heavy atom. The van der Waals surface area contributed by atoms with Gasteiger partial charge in [-0.1, -0.05) is 22.0 Å². The van der Waals surface area contributed by atoms with Crippen molar-refractivity contribution < 1.29 is 9.53 Å². The van der Waals surface area contributed by atoms with Crippen LogP contribution in [-0.4, -0.2) is 12.9 Å². The molecule has 0 fully saturated rings. The van der Waals surface area contributed by atoms with Crippen LogP contribution in [0, 0.1) is 6.92 Å². The van der Waals surface area contributed by atoms with Crippen LogP contribution in [0.4, 0.5) is 0 Å². The summed E-state index contributed by atoms with van der Waals surface area (Å²) < 4.78 is 6.66. The minimum absolute atomic E-state index is 0.0265. The van der Waals surface area contributed by atoms with Gasteiger partial charge in [-0.25, -0.2) is 0 Å². The highest BCUT2D eigenvalue weighted by atomic mass is 79.9. The third-order valence-corrected chi connectivity index (χ3v) is 4.10. The average molecular weight is 384 g/mol. The SMILES string of the molecule is COc1ccc(C(=O)c2ccc(C)cc2Br)c(Br)c1. The Morgan fingerprint density at radius 3 is 2.11 bits per heavy atom. The molecule has 19 heavy (non-hydrogen) atoms. The number of aryl methyl sites for hydroxylation is 1. The van der Waals surface area contributed by atoms with Crippen LogP contribution < -0.4 is 4.74 Å². The molecule has 2 aromatic rings. The number of rotatable bonds is 3. The minimum atomic E-state index is -0.0265. The van der Waals surface area contributed by atoms with Crippen LogP contribution in [0.2, 0.25) is 0 Å². The van der Waals surface area contributed by atoms with Gasteiger partial charge >= 0.3 is 0 Å². The Kier molecular flexibility index (Phi) is 4.42. The molecule has 0 aliphatic carbocycles. The summed E-state index contributed by atoms with van der Waals surface area (Å²) >= 11 is 6.85. The van der Waals surface area contributed by atoms with Crippen molar-refractivity contribution >= 4 is 37.6 Å². The predicted molar refractivity (Wildman–Crippen MR) is 83.0 cm³/mol. The Balaban J connectivity index is 2.44. The van der Waals surface area contributed by atoms with Crippen molar-refractivity contribution in [3.8, 4) is 5.75 Å². The first-order chi connectivity index (χ1) is 9.02. The maximum absolute atomic E-state index is 12.5. The fourth-order valence-electron chi connectivity index (χ4n) is 1.76. The third kappa shape index (κ3) is 3.07. The maximum atomic E-state index is 12.5. The first-order valence-corrected chi connectivity index (χ1v) is 7.26. The van der Waals surface area contributed by atoms with Gasteiger partial charge in [-0.3, -0.25) is 4.79 Å². The Labute approximate surface area is 129 Å². The van der Waals surface area contributed by atoms with Gasteiger partial charge in [0.1, 0.15) is 5.75 Å². The summed E-state index contributed by atoms with van der Waals surface area (Å²) in [5.41, 5.74) is 2.37. The van der Waals surface area contributed by atoms with E-state index >= 15 is 0 Å². The molecule has 0 aliphatic rings. The molecule has 0 atom stereocenters. The first-order valence-electron chi connectivity index (χ1n) is 5.67. The lowest BCUT2D eigenvalue weighted by atomic mass is 10.0. The van der Waals surface area contributed by atoms with Crippen LogP contribution in [0.15, 0.2) is 45.3 Å². The summed E-state index contributed by atoms with van der Waals surface area (Å²) in [4.78, 5) is 12.5. The molecule has 0 amide bonds. The van der Waals surface area contributed by atoms with Crippen LogP contribution in [0.3, 0.4) is 0 Å². The van der Waals surface area contributed by atoms with Crippen molar-refractivity contribution in [1.29, 1.82) is 0 Å². The molecular formula is C15H12Br2O2. The number of benzene rings is 2. The van der Waals surface area contributed by atoms with Gasteiger partial charge in [0.05, 0.1) is 7.11 Å². The highest BCUT2D eigenvalue weighted by Gasteiger charge is 2.15. The molecule has 0 saturated carbocycles. The second-order valence-corrected chi connectivity index (χ2v) is 5.87. The summed E-state index contributed by atoms with van der Waals surface area (Å²) in [5, 5.41) is 0. The molecule has 2 nitrogen and oxygen atoms in total. The average Bonchev–Trinajstić information content (AvgIpc) is 2.37. The lowest BCUT2D eigenvalue weighted by molar-refractivity contribution is 0.103. The summed E-state index contributed by atoms with van der Waals surface area (Å²) in [7, 11) is 1.60. The molecule has 2 aromatic carbocycles. The Hall–Kier alpha value is -1.13. The van der Waals surface area contributed by atoms with Crippen LogP contribution in [0.1, 0.15) is 21.5 Å². The molecule has 0 radical (unpaired) electrons. The van der Waals surface area contributed by atoms with Crippen molar-refractivity contribution in [1.82, 2.24) is 0 Å². The predicted octanol–water partition coefficient (Wildman–Crippen LogP) is 4.76. The smallest absolute Gasteiger partial charge is 0.195 e. The third-order valence-electron chi connectivity index (χ3n) is 2.79. The monoisotopic (exact) mass is 382 g/mol. The minimum Gasteiger partial charge on any atom is -0.497 e. The van der Waals surface area contributed by atoms with Crippen LogP contribution in [0.25, 0.3) is 0 Å². The van der Waals surface area contributed by atoms with E-state index in [4.69, 9.17) is 4.74 Å². The molecular weight excluding hydrogens is 372 g/mol. The molecule has 0 aliphatic heterocycles. The number of ether oxygens (including phenoxy) is 1. The fraction of sp³-hybridized carbons (Fsp3) is 0.133. The second kappa shape index (κ2) is 5.88. The second-order valence-electron chi connectivity index (χ2n) is 4.16. The molecule has 0 spiro atoms. The van der Waals surface area contributed by atoms with Crippen molar-refractivity contribution in [2.75, 3.05) is 7.11 Å². The molecule has 0 heterocycles. The topological polar surface area (TPSA) is 26.3 Å². The molecule has 0 aromatic heterocycles. The lowest BCUT2D eigenvalue weighted by Crippen LogP contribution is -2.03. The number of hydrogen-bond donors (Lipinski definition) is 0. The fourth-order valence-corrected chi connectivity index (χ4v) is 2.97. The van der Waals surface area contributed by atoms with Gasteiger partial charge < -0.3 is 4.74 Å². The van der Waals surface area contributed by atoms with Crippen LogP contribution >= 0.6 is 31.9 Å². The number of carbonyl (C=O) groups excluding carboxylic acids is 1. The van der Waals surface area contributed by atoms with Gasteiger partial charge in [0.2, 0.25) is 0 Å². The van der Waals surface area contributed by atoms with Crippen molar-refractivity contribution in [2.24, 2.45) is 0 Å². The van der Waals surface area contributed by atoms with E-state index in [1.165, 1.54) is 0 Å². The number of halogens is 2. The normalized spacial score (nSPS) is 10.3. The summed E-state index contributed by atoms with van der Waals surface area (Å²) in [6.45, 7) is 1.99. The Morgan fingerprint density at radius 1 is 1.00 bits per heavy atom. The van der Waals surface area contributed by atoms with Crippen molar-refractivity contribution in [2.45, 2.75) is 6.92 Å². The van der Waals surface area contributed by atoms with E-state index in [2.05, 4.69) is 31.9 Å². The molecule has 98 valence electrons. The zero-order valence-corrected chi connectivity index (χ0v) is 13.7. The van der Waals surface area contributed by atoms with E-state index in [-0.39, 0.29) is 5.78 Å². The molecule has 0 bridgehead atoms. The number of methoxy groups -OCH3 is 1. The van der Waals surface area contributed by atoms with Gasteiger partial charge in [0, 0.05) is 20.1 Å². The van der Waals surface area contributed by atoms with Gasteiger partial charge in [-0.15, -0.1) is 0 Å². The lowest BCUT2D eigenvalue weighted by Gasteiger charge is -2.08. The summed E-state index contributed by atoms with van der Waals surface area (Å²) in [5.74, 6) is 0.688. The molecule has 2 rings (SSSR count). The summed E-state index contributed by atoms with van der Waals surface area (Å²) in [6, 6.07) is 11.0. The maximum Gasteiger partial charge on any atom is 0.195 e. The van der Waals surface area contributed by atoms with E-state index in [1.54, 1.807) is 25.3 Å². The molecule has 0 saturated heterocycles. The van der Waals surface area contributed by atoms with Gasteiger partial charge in [-0.2, -0.15) is 0 Å². The van der Waals surface area contributed by atoms with Crippen LogP contribution in [0.5, 0.6) is 5.75 Å². The van der Waals surface area contributed by atoms with E-state index in [0.29, 0.717) is 16.9 Å². The number of hydrogen-bond acceptors (Lipinski definition) is 2. The zero-order valence-electron chi connectivity index (χ0n) is 10.5. The first kappa shape index (κ1) is 14.3. The quantitative estimate of drug-likeness (QED) is 0.714. The van der Waals surface area contributed by atoms with E-state index < -0.39 is 0 Å². The van der Waals surface area contributed by atoms with E-state index in [1.807, 2.05) is 25.1 Å². The highest BCUT2D eigenvalue weighted by molar-refractivity contribution is 9.11. The largest absolute Gasteiger partial charge is 0.497 e. The van der Waals surface area contributed by atoms with Crippen molar-refractivity contribution in [3.63, 3.8) is 0 Å².